The van der Waals surface area contributed by atoms with E-state index in [-0.39, 0.29) is 17.9 Å². The Labute approximate surface area is 128 Å². The van der Waals surface area contributed by atoms with E-state index in [0.29, 0.717) is 12.0 Å². The van der Waals surface area contributed by atoms with Gasteiger partial charge >= 0.3 is 5.97 Å². The van der Waals surface area contributed by atoms with Crippen LogP contribution in [0.5, 0.6) is 0 Å². The molecule has 0 rings (SSSR count). The zero-order valence-corrected chi connectivity index (χ0v) is 14.0. The van der Waals surface area contributed by atoms with Gasteiger partial charge in [0.15, 0.2) is 5.78 Å². The zero-order chi connectivity index (χ0) is 16.4. The molecule has 0 aliphatic carbocycles. The highest BCUT2D eigenvalue weighted by molar-refractivity contribution is 5.94. The van der Waals surface area contributed by atoms with Crippen molar-refractivity contribution in [2.24, 2.45) is 0 Å². The smallest absolute Gasteiger partial charge is 0.330 e. The lowest BCUT2D eigenvalue weighted by Gasteiger charge is -2.06. The van der Waals surface area contributed by atoms with Crippen molar-refractivity contribution < 1.29 is 14.3 Å². The fourth-order valence-electron chi connectivity index (χ4n) is 1.71. The number of rotatable bonds is 9. The molecule has 0 unspecified atom stereocenters. The van der Waals surface area contributed by atoms with Crippen molar-refractivity contribution in [1.29, 1.82) is 0 Å². The maximum Gasteiger partial charge on any atom is 0.330 e. The Bertz CT molecular complexity index is 439. The van der Waals surface area contributed by atoms with Crippen LogP contribution >= 0.6 is 0 Å². The van der Waals surface area contributed by atoms with Gasteiger partial charge in [-0.3, -0.25) is 4.79 Å². The molecule has 21 heavy (non-hydrogen) atoms. The Morgan fingerprint density at radius 3 is 2.19 bits per heavy atom. The summed E-state index contributed by atoms with van der Waals surface area (Å²) < 4.78 is 5.06. The molecule has 3 heteroatoms. The van der Waals surface area contributed by atoms with Crippen LogP contribution in [-0.4, -0.2) is 17.9 Å². The minimum Gasteiger partial charge on any atom is -0.460 e. The maximum absolute atomic E-state index is 11.5. The molecule has 0 saturated carbocycles. The third kappa shape index (κ3) is 10.8. The number of hydrogen-bond donors (Lipinski definition) is 0. The largest absolute Gasteiger partial charge is 0.460 e. The van der Waals surface area contributed by atoms with Crippen LogP contribution in [0.3, 0.4) is 0 Å². The van der Waals surface area contributed by atoms with Crippen LogP contribution in [0.25, 0.3) is 0 Å². The van der Waals surface area contributed by atoms with Crippen molar-refractivity contribution in [2.75, 3.05) is 0 Å². The summed E-state index contributed by atoms with van der Waals surface area (Å²) in [6.07, 6.45) is 6.56. The molecular weight excluding hydrogens is 264 g/mol. The summed E-state index contributed by atoms with van der Waals surface area (Å²) in [7, 11) is 0. The second-order valence-corrected chi connectivity index (χ2v) is 5.77. The molecule has 0 heterocycles. The number of ketones is 1. The van der Waals surface area contributed by atoms with E-state index in [9.17, 15) is 9.59 Å². The Balaban J connectivity index is 4.13. The van der Waals surface area contributed by atoms with E-state index in [1.54, 1.807) is 13.0 Å². The van der Waals surface area contributed by atoms with Crippen molar-refractivity contribution >= 4 is 11.8 Å². The van der Waals surface area contributed by atoms with Gasteiger partial charge in [0, 0.05) is 12.5 Å². The van der Waals surface area contributed by atoms with Crippen molar-refractivity contribution in [3.05, 3.63) is 35.5 Å². The summed E-state index contributed by atoms with van der Waals surface area (Å²) in [6, 6.07) is 0. The lowest BCUT2D eigenvalue weighted by atomic mass is 10.0. The first-order valence-electron chi connectivity index (χ1n) is 7.44. The Hall–Kier alpha value is -1.64. The number of carbonyl (C=O) groups excluding carboxylic acids is 2. The highest BCUT2D eigenvalue weighted by Crippen LogP contribution is 2.12. The molecule has 118 valence electrons. The normalized spacial score (nSPS) is 12.5. The van der Waals surface area contributed by atoms with Crippen LogP contribution in [0.2, 0.25) is 0 Å². The summed E-state index contributed by atoms with van der Waals surface area (Å²) in [4.78, 5) is 22.9. The second kappa shape index (κ2) is 10.1. The Kier molecular flexibility index (Phi) is 9.35. The van der Waals surface area contributed by atoms with E-state index in [4.69, 9.17) is 4.74 Å². The molecular formula is C18H28O3. The fraction of sp³-hybridized carbons (Fsp3) is 0.556. The van der Waals surface area contributed by atoms with Crippen LogP contribution in [0, 0.1) is 0 Å². The number of hydrogen-bond acceptors (Lipinski definition) is 3. The number of Topliss-reactive ketones (excluding diaryl/α,β-unsaturated/α-hetero) is 1. The van der Waals surface area contributed by atoms with Gasteiger partial charge in [0.1, 0.15) is 0 Å². The lowest BCUT2D eigenvalue weighted by molar-refractivity contribution is -0.141. The predicted octanol–water partition coefficient (Wildman–Crippen LogP) is 4.54. The van der Waals surface area contributed by atoms with Crippen LogP contribution in [0.4, 0.5) is 0 Å². The molecule has 0 fully saturated rings. The zero-order valence-electron chi connectivity index (χ0n) is 14.0. The van der Waals surface area contributed by atoms with E-state index in [2.05, 4.69) is 12.7 Å². The average molecular weight is 292 g/mol. The van der Waals surface area contributed by atoms with Gasteiger partial charge in [-0.15, -0.1) is 0 Å². The molecule has 0 N–H and O–H groups in total. The second-order valence-electron chi connectivity index (χ2n) is 5.77. The molecule has 0 radical (unpaired) electrons. The molecule has 0 aromatic carbocycles. The summed E-state index contributed by atoms with van der Waals surface area (Å²) >= 11 is 0. The van der Waals surface area contributed by atoms with Crippen LogP contribution < -0.4 is 0 Å². The molecule has 0 bridgehead atoms. The monoisotopic (exact) mass is 292 g/mol. The first-order valence-corrected chi connectivity index (χ1v) is 7.44. The fourth-order valence-corrected chi connectivity index (χ4v) is 1.71. The van der Waals surface area contributed by atoms with Gasteiger partial charge in [0.25, 0.3) is 0 Å². The topological polar surface area (TPSA) is 43.4 Å². The highest BCUT2D eigenvalue weighted by atomic mass is 16.5. The van der Waals surface area contributed by atoms with E-state index in [0.717, 1.165) is 24.8 Å². The standard InChI is InChI=1S/C18H28O3/c1-13(2)17(19)11-10-15(5)8-7-9-16(6)12-18(20)21-14(3)4/h8,12,14H,1,7,9-11H2,2-6H3/b15-8+,16-12+. The molecule has 0 atom stereocenters. The van der Waals surface area contributed by atoms with Crippen molar-refractivity contribution in [3.63, 3.8) is 0 Å². The van der Waals surface area contributed by atoms with Gasteiger partial charge in [0.05, 0.1) is 6.10 Å². The number of ether oxygens (including phenoxy) is 1. The van der Waals surface area contributed by atoms with Crippen molar-refractivity contribution in [2.45, 2.75) is 66.4 Å². The van der Waals surface area contributed by atoms with Crippen molar-refractivity contribution in [1.82, 2.24) is 0 Å². The molecule has 0 aromatic heterocycles. The van der Waals surface area contributed by atoms with Crippen LogP contribution in [0.1, 0.15) is 60.3 Å². The van der Waals surface area contributed by atoms with E-state index < -0.39 is 0 Å². The van der Waals surface area contributed by atoms with E-state index >= 15 is 0 Å². The number of esters is 1. The molecule has 0 aliphatic rings. The quantitative estimate of drug-likeness (QED) is 0.356. The summed E-state index contributed by atoms with van der Waals surface area (Å²) in [5.41, 5.74) is 2.81. The summed E-state index contributed by atoms with van der Waals surface area (Å²) in [5, 5.41) is 0. The maximum atomic E-state index is 11.5. The third-order valence-electron chi connectivity index (χ3n) is 2.97. The first-order chi connectivity index (χ1) is 9.72. The van der Waals surface area contributed by atoms with Crippen LogP contribution in [-0.2, 0) is 14.3 Å². The SMILES string of the molecule is C=C(C)C(=O)CC/C(C)=C/CC/C(C)=C/C(=O)OC(C)C. The van der Waals surface area contributed by atoms with Gasteiger partial charge in [0.2, 0.25) is 0 Å². The molecule has 0 aliphatic heterocycles. The molecule has 0 saturated heterocycles. The number of carbonyl (C=O) groups is 2. The summed E-state index contributed by atoms with van der Waals surface area (Å²) in [6.45, 7) is 13.0. The average Bonchev–Trinajstić information content (AvgIpc) is 2.34. The molecule has 0 amide bonds. The van der Waals surface area contributed by atoms with E-state index in [1.807, 2.05) is 27.7 Å². The van der Waals surface area contributed by atoms with Gasteiger partial charge in [-0.2, -0.15) is 0 Å². The minimum absolute atomic E-state index is 0.0884. The van der Waals surface area contributed by atoms with E-state index in [1.165, 1.54) is 5.57 Å². The molecule has 3 nitrogen and oxygen atoms in total. The van der Waals surface area contributed by atoms with Gasteiger partial charge < -0.3 is 4.74 Å². The molecule has 0 spiro atoms. The summed E-state index contributed by atoms with van der Waals surface area (Å²) in [5.74, 6) is -0.162. The Morgan fingerprint density at radius 2 is 1.67 bits per heavy atom. The van der Waals surface area contributed by atoms with Gasteiger partial charge in [-0.25, -0.2) is 4.79 Å². The third-order valence-corrected chi connectivity index (χ3v) is 2.97. The van der Waals surface area contributed by atoms with Crippen molar-refractivity contribution in [3.8, 4) is 0 Å². The molecule has 0 aromatic rings. The number of allylic oxidation sites excluding steroid dienone is 4. The van der Waals surface area contributed by atoms with Gasteiger partial charge in [-0.05, 0) is 59.5 Å². The lowest BCUT2D eigenvalue weighted by Crippen LogP contribution is -2.08. The first kappa shape index (κ1) is 19.4. The highest BCUT2D eigenvalue weighted by Gasteiger charge is 2.03. The van der Waals surface area contributed by atoms with Gasteiger partial charge in [-0.1, -0.05) is 23.8 Å². The Morgan fingerprint density at radius 1 is 1.05 bits per heavy atom. The van der Waals surface area contributed by atoms with Crippen LogP contribution in [0.15, 0.2) is 35.5 Å². The minimum atomic E-state index is -0.282. The predicted molar refractivity (Wildman–Crippen MR) is 87.0 cm³/mol.